The molecule has 0 atom stereocenters. The zero-order chi connectivity index (χ0) is 15.4. The predicted octanol–water partition coefficient (Wildman–Crippen LogP) is 2.12. The zero-order valence-corrected chi connectivity index (χ0v) is 13.2. The molecular weight excluding hydrogens is 276 g/mol. The van der Waals surface area contributed by atoms with Crippen LogP contribution >= 0.6 is 0 Å². The van der Waals surface area contributed by atoms with Crippen molar-refractivity contribution < 1.29 is 4.74 Å². The molecule has 0 amide bonds. The molecular formula is C17H22N4O. The first-order valence-corrected chi connectivity index (χ1v) is 7.64. The van der Waals surface area contributed by atoms with Gasteiger partial charge in [0.1, 0.15) is 0 Å². The molecule has 116 valence electrons. The van der Waals surface area contributed by atoms with E-state index in [0.717, 1.165) is 38.7 Å². The summed E-state index contributed by atoms with van der Waals surface area (Å²) in [5, 5.41) is 0. The van der Waals surface area contributed by atoms with Crippen molar-refractivity contribution in [2.45, 2.75) is 13.5 Å². The first-order chi connectivity index (χ1) is 10.7. The summed E-state index contributed by atoms with van der Waals surface area (Å²) in [7, 11) is 1.63. The van der Waals surface area contributed by atoms with Crippen molar-refractivity contribution in [3.05, 3.63) is 47.7 Å². The van der Waals surface area contributed by atoms with Crippen LogP contribution in [-0.2, 0) is 6.54 Å². The Morgan fingerprint density at radius 2 is 1.95 bits per heavy atom. The SMILES string of the molecule is COc1ccnc(N2CCN(Cc3cccc(C)c3)CC2)n1. The first-order valence-electron chi connectivity index (χ1n) is 7.64. The van der Waals surface area contributed by atoms with Gasteiger partial charge in [0.25, 0.3) is 0 Å². The third-order valence-electron chi connectivity index (χ3n) is 3.97. The van der Waals surface area contributed by atoms with Gasteiger partial charge in [-0.05, 0) is 12.5 Å². The number of aromatic nitrogens is 2. The van der Waals surface area contributed by atoms with Gasteiger partial charge >= 0.3 is 0 Å². The van der Waals surface area contributed by atoms with Crippen LogP contribution < -0.4 is 9.64 Å². The van der Waals surface area contributed by atoms with Gasteiger partial charge in [0.05, 0.1) is 7.11 Å². The average molecular weight is 298 g/mol. The molecule has 0 aliphatic carbocycles. The lowest BCUT2D eigenvalue weighted by Gasteiger charge is -2.34. The zero-order valence-electron chi connectivity index (χ0n) is 13.2. The average Bonchev–Trinajstić information content (AvgIpc) is 2.56. The van der Waals surface area contributed by atoms with Crippen LogP contribution in [0.3, 0.4) is 0 Å². The summed E-state index contributed by atoms with van der Waals surface area (Å²) in [6.45, 7) is 7.08. The fourth-order valence-corrected chi connectivity index (χ4v) is 2.77. The molecule has 5 heteroatoms. The topological polar surface area (TPSA) is 41.5 Å². The summed E-state index contributed by atoms with van der Waals surface area (Å²) in [4.78, 5) is 13.5. The Morgan fingerprint density at radius 3 is 2.68 bits per heavy atom. The number of nitrogens with zero attached hydrogens (tertiary/aromatic N) is 4. The minimum Gasteiger partial charge on any atom is -0.481 e. The van der Waals surface area contributed by atoms with Crippen LogP contribution in [0.5, 0.6) is 5.88 Å². The summed E-state index contributed by atoms with van der Waals surface area (Å²) in [6.07, 6.45) is 1.75. The van der Waals surface area contributed by atoms with Crippen molar-refractivity contribution in [3.8, 4) is 5.88 Å². The van der Waals surface area contributed by atoms with E-state index in [2.05, 4.69) is 51.0 Å². The van der Waals surface area contributed by atoms with E-state index in [-0.39, 0.29) is 0 Å². The maximum Gasteiger partial charge on any atom is 0.228 e. The Kier molecular flexibility index (Phi) is 4.53. The van der Waals surface area contributed by atoms with Crippen molar-refractivity contribution in [2.75, 3.05) is 38.2 Å². The van der Waals surface area contributed by atoms with Gasteiger partial charge in [0, 0.05) is 45.0 Å². The minimum absolute atomic E-state index is 0.618. The molecule has 1 fully saturated rings. The number of hydrogen-bond acceptors (Lipinski definition) is 5. The second kappa shape index (κ2) is 6.75. The standard InChI is InChI=1S/C17H22N4O/c1-14-4-3-5-15(12-14)13-20-8-10-21(11-9-20)17-18-7-6-16(19-17)22-2/h3-7,12H,8-11,13H2,1-2H3. The van der Waals surface area contributed by atoms with Gasteiger partial charge in [-0.25, -0.2) is 4.98 Å². The van der Waals surface area contributed by atoms with Crippen molar-refractivity contribution in [3.63, 3.8) is 0 Å². The number of rotatable bonds is 4. The van der Waals surface area contributed by atoms with Crippen LogP contribution in [0.25, 0.3) is 0 Å². The normalized spacial score (nSPS) is 15.8. The molecule has 0 N–H and O–H groups in total. The lowest BCUT2D eigenvalue weighted by molar-refractivity contribution is 0.248. The summed E-state index contributed by atoms with van der Waals surface area (Å²) in [5.41, 5.74) is 2.70. The van der Waals surface area contributed by atoms with Gasteiger partial charge in [0.2, 0.25) is 11.8 Å². The van der Waals surface area contributed by atoms with E-state index in [1.165, 1.54) is 11.1 Å². The second-order valence-corrected chi connectivity index (χ2v) is 5.65. The van der Waals surface area contributed by atoms with Gasteiger partial charge in [-0.3, -0.25) is 4.90 Å². The lowest BCUT2D eigenvalue weighted by atomic mass is 10.1. The van der Waals surface area contributed by atoms with Crippen LogP contribution in [0.15, 0.2) is 36.5 Å². The summed E-state index contributed by atoms with van der Waals surface area (Å²) >= 11 is 0. The number of aryl methyl sites for hydroxylation is 1. The lowest BCUT2D eigenvalue weighted by Crippen LogP contribution is -2.46. The number of methoxy groups -OCH3 is 1. The molecule has 5 nitrogen and oxygen atoms in total. The number of piperazine rings is 1. The molecule has 1 aromatic carbocycles. The van der Waals surface area contributed by atoms with Crippen LogP contribution in [0, 0.1) is 6.92 Å². The van der Waals surface area contributed by atoms with Crippen molar-refractivity contribution in [1.82, 2.24) is 14.9 Å². The number of ether oxygens (including phenoxy) is 1. The molecule has 0 unspecified atom stereocenters. The quantitative estimate of drug-likeness (QED) is 0.865. The first kappa shape index (κ1) is 14.8. The number of benzene rings is 1. The summed E-state index contributed by atoms with van der Waals surface area (Å²) in [6, 6.07) is 10.5. The third kappa shape index (κ3) is 3.54. The van der Waals surface area contributed by atoms with Crippen molar-refractivity contribution in [1.29, 1.82) is 0 Å². The van der Waals surface area contributed by atoms with Crippen LogP contribution in [0.1, 0.15) is 11.1 Å². The predicted molar refractivity (Wildman–Crippen MR) is 87.3 cm³/mol. The van der Waals surface area contributed by atoms with E-state index in [1.807, 2.05) is 0 Å². The van der Waals surface area contributed by atoms with Crippen molar-refractivity contribution in [2.24, 2.45) is 0 Å². The Balaban J connectivity index is 1.58. The van der Waals surface area contributed by atoms with Gasteiger partial charge in [-0.15, -0.1) is 0 Å². The Hall–Kier alpha value is -2.14. The molecule has 2 heterocycles. The molecule has 1 saturated heterocycles. The maximum atomic E-state index is 5.17. The van der Waals surface area contributed by atoms with Gasteiger partial charge in [0.15, 0.2) is 0 Å². The number of hydrogen-bond donors (Lipinski definition) is 0. The largest absolute Gasteiger partial charge is 0.481 e. The smallest absolute Gasteiger partial charge is 0.228 e. The Labute approximate surface area is 131 Å². The fraction of sp³-hybridized carbons (Fsp3) is 0.412. The van der Waals surface area contributed by atoms with Gasteiger partial charge in [-0.1, -0.05) is 29.8 Å². The van der Waals surface area contributed by atoms with E-state index in [4.69, 9.17) is 4.74 Å². The monoisotopic (exact) mass is 298 g/mol. The van der Waals surface area contributed by atoms with E-state index < -0.39 is 0 Å². The van der Waals surface area contributed by atoms with E-state index in [9.17, 15) is 0 Å². The van der Waals surface area contributed by atoms with E-state index in [1.54, 1.807) is 19.4 Å². The Morgan fingerprint density at radius 1 is 1.14 bits per heavy atom. The van der Waals surface area contributed by atoms with Crippen LogP contribution in [0.4, 0.5) is 5.95 Å². The van der Waals surface area contributed by atoms with Gasteiger partial charge < -0.3 is 9.64 Å². The summed E-state index contributed by atoms with van der Waals surface area (Å²) in [5.74, 6) is 1.38. The third-order valence-corrected chi connectivity index (χ3v) is 3.97. The molecule has 1 aliphatic rings. The molecule has 0 bridgehead atoms. The molecule has 0 radical (unpaired) electrons. The molecule has 1 aliphatic heterocycles. The maximum absolute atomic E-state index is 5.17. The van der Waals surface area contributed by atoms with Crippen molar-refractivity contribution >= 4 is 5.95 Å². The molecule has 3 rings (SSSR count). The molecule has 22 heavy (non-hydrogen) atoms. The summed E-state index contributed by atoms with van der Waals surface area (Å²) < 4.78 is 5.17. The molecule has 0 spiro atoms. The Bertz CT molecular complexity index is 624. The minimum atomic E-state index is 0.618. The highest BCUT2D eigenvalue weighted by Crippen LogP contribution is 2.16. The highest BCUT2D eigenvalue weighted by atomic mass is 16.5. The van der Waals surface area contributed by atoms with E-state index >= 15 is 0 Å². The molecule has 1 aromatic heterocycles. The second-order valence-electron chi connectivity index (χ2n) is 5.65. The van der Waals surface area contributed by atoms with Gasteiger partial charge in [-0.2, -0.15) is 4.98 Å². The fourth-order valence-electron chi connectivity index (χ4n) is 2.77. The van der Waals surface area contributed by atoms with E-state index in [0.29, 0.717) is 5.88 Å². The highest BCUT2D eigenvalue weighted by Gasteiger charge is 2.19. The highest BCUT2D eigenvalue weighted by molar-refractivity contribution is 5.32. The number of anilines is 1. The van der Waals surface area contributed by atoms with Crippen LogP contribution in [0.2, 0.25) is 0 Å². The molecule has 0 saturated carbocycles. The molecule has 2 aromatic rings. The van der Waals surface area contributed by atoms with Crippen LogP contribution in [-0.4, -0.2) is 48.2 Å².